The lowest BCUT2D eigenvalue weighted by molar-refractivity contribution is -0.137. The van der Waals surface area contributed by atoms with Crippen LogP contribution in [0.1, 0.15) is 10.5 Å². The van der Waals surface area contributed by atoms with E-state index < -0.39 is 11.9 Å². The molecule has 0 spiro atoms. The third-order valence-corrected chi connectivity index (χ3v) is 3.40. The molecule has 0 bridgehead atoms. The number of amides is 1. The Kier molecular flexibility index (Phi) is 4.50. The molecule has 0 atom stereocenters. The van der Waals surface area contributed by atoms with Gasteiger partial charge in [-0.15, -0.1) is 5.10 Å². The minimum Gasteiger partial charge on any atom is -0.480 e. The van der Waals surface area contributed by atoms with E-state index in [4.69, 9.17) is 5.11 Å². The number of hydrogen-bond acceptors (Lipinski definition) is 4. The molecule has 2 N–H and O–H groups in total. The highest BCUT2D eigenvalue weighted by atomic mass is 79.9. The van der Waals surface area contributed by atoms with Gasteiger partial charge in [-0.25, -0.2) is 4.68 Å². The molecule has 0 aliphatic rings. The Hall–Kier alpha value is -1.74. The highest BCUT2D eigenvalue weighted by Crippen LogP contribution is 2.26. The van der Waals surface area contributed by atoms with E-state index in [1.165, 1.54) is 6.20 Å². The van der Waals surface area contributed by atoms with E-state index in [1.54, 1.807) is 18.2 Å². The molecule has 7 nitrogen and oxygen atoms in total. The van der Waals surface area contributed by atoms with Crippen LogP contribution in [0, 0.1) is 0 Å². The lowest BCUT2D eigenvalue weighted by Gasteiger charge is -2.05. The number of benzene rings is 1. The van der Waals surface area contributed by atoms with Crippen LogP contribution in [0.15, 0.2) is 33.3 Å². The second-order valence-corrected chi connectivity index (χ2v) is 5.54. The third-order valence-electron chi connectivity index (χ3n) is 2.25. The molecule has 1 amide bonds. The van der Waals surface area contributed by atoms with Gasteiger partial charge in [-0.05, 0) is 34.1 Å². The van der Waals surface area contributed by atoms with Crippen molar-refractivity contribution in [2.24, 2.45) is 0 Å². The third kappa shape index (κ3) is 3.64. The smallest absolute Gasteiger partial charge is 0.325 e. The molecule has 0 unspecified atom stereocenters. The molecule has 2 aromatic rings. The van der Waals surface area contributed by atoms with Gasteiger partial charge in [0.15, 0.2) is 5.69 Å². The SMILES string of the molecule is O=C(O)Cn1cc(C(=O)Nc2ccc(Br)cc2Br)nn1. The van der Waals surface area contributed by atoms with Gasteiger partial charge < -0.3 is 10.4 Å². The lowest BCUT2D eigenvalue weighted by Crippen LogP contribution is -2.13. The van der Waals surface area contributed by atoms with Crippen molar-refractivity contribution >= 4 is 49.4 Å². The predicted molar refractivity (Wildman–Crippen MR) is 77.5 cm³/mol. The number of aliphatic carboxylic acids is 1. The van der Waals surface area contributed by atoms with Crippen molar-refractivity contribution in [3.05, 3.63) is 39.0 Å². The second-order valence-electron chi connectivity index (χ2n) is 3.77. The number of carbonyl (C=O) groups excluding carboxylic acids is 1. The van der Waals surface area contributed by atoms with Crippen molar-refractivity contribution in [3.63, 3.8) is 0 Å². The van der Waals surface area contributed by atoms with Gasteiger partial charge in [0.05, 0.1) is 11.9 Å². The Morgan fingerprint density at radius 3 is 2.75 bits per heavy atom. The van der Waals surface area contributed by atoms with Crippen LogP contribution in [0.3, 0.4) is 0 Å². The molecule has 1 heterocycles. The van der Waals surface area contributed by atoms with E-state index in [2.05, 4.69) is 47.5 Å². The van der Waals surface area contributed by atoms with Crippen LogP contribution >= 0.6 is 31.9 Å². The number of nitrogens with zero attached hydrogens (tertiary/aromatic N) is 3. The van der Waals surface area contributed by atoms with Gasteiger partial charge in [0, 0.05) is 8.95 Å². The fourth-order valence-corrected chi connectivity index (χ4v) is 2.54. The first kappa shape index (κ1) is 14.7. The summed E-state index contributed by atoms with van der Waals surface area (Å²) in [6, 6.07) is 5.28. The maximum absolute atomic E-state index is 11.9. The second kappa shape index (κ2) is 6.14. The summed E-state index contributed by atoms with van der Waals surface area (Å²) < 4.78 is 2.65. The quantitative estimate of drug-likeness (QED) is 0.814. The zero-order valence-corrected chi connectivity index (χ0v) is 13.0. The molecule has 0 aliphatic heterocycles. The first-order valence-corrected chi connectivity index (χ1v) is 6.92. The normalized spacial score (nSPS) is 10.3. The summed E-state index contributed by atoms with van der Waals surface area (Å²) in [6.45, 7) is -0.345. The maximum Gasteiger partial charge on any atom is 0.325 e. The van der Waals surface area contributed by atoms with Crippen molar-refractivity contribution in [2.45, 2.75) is 6.54 Å². The fraction of sp³-hybridized carbons (Fsp3) is 0.0909. The zero-order chi connectivity index (χ0) is 14.7. The lowest BCUT2D eigenvalue weighted by atomic mass is 10.3. The molecular weight excluding hydrogens is 396 g/mol. The van der Waals surface area contributed by atoms with E-state index in [9.17, 15) is 9.59 Å². The topological polar surface area (TPSA) is 97.1 Å². The molecule has 1 aromatic carbocycles. The number of carboxylic acids is 1. The molecule has 0 fully saturated rings. The summed E-state index contributed by atoms with van der Waals surface area (Å²) in [5, 5.41) is 18.4. The van der Waals surface area contributed by atoms with Gasteiger partial charge in [0.1, 0.15) is 6.54 Å². The minimum atomic E-state index is -1.06. The Labute approximate surface area is 130 Å². The number of nitrogens with one attached hydrogen (secondary N) is 1. The summed E-state index contributed by atoms with van der Waals surface area (Å²) in [6.07, 6.45) is 1.27. The number of rotatable bonds is 4. The van der Waals surface area contributed by atoms with E-state index in [0.29, 0.717) is 10.2 Å². The zero-order valence-electron chi connectivity index (χ0n) is 9.88. The van der Waals surface area contributed by atoms with Crippen LogP contribution in [0.5, 0.6) is 0 Å². The molecule has 0 saturated carbocycles. The standard InChI is InChI=1S/C11H8Br2N4O3/c12-6-1-2-8(7(13)3-6)14-11(20)9-4-17(16-15-9)5-10(18)19/h1-4H,5H2,(H,14,20)(H,18,19). The average Bonchev–Trinajstić information content (AvgIpc) is 2.80. The van der Waals surface area contributed by atoms with Gasteiger partial charge in [-0.2, -0.15) is 0 Å². The minimum absolute atomic E-state index is 0.0427. The monoisotopic (exact) mass is 402 g/mol. The maximum atomic E-state index is 11.9. The molecule has 2 rings (SSSR count). The molecule has 9 heteroatoms. The molecule has 0 saturated heterocycles. The summed E-state index contributed by atoms with van der Waals surface area (Å²) in [4.78, 5) is 22.5. The summed E-state index contributed by atoms with van der Waals surface area (Å²) in [5.41, 5.74) is 0.618. The Bertz CT molecular complexity index is 671. The van der Waals surface area contributed by atoms with Crippen LogP contribution in [0.25, 0.3) is 0 Å². The van der Waals surface area contributed by atoms with E-state index in [-0.39, 0.29) is 12.2 Å². The predicted octanol–water partition coefficient (Wildman–Crippen LogP) is 2.14. The highest BCUT2D eigenvalue weighted by molar-refractivity contribution is 9.11. The molecule has 0 aliphatic carbocycles. The van der Waals surface area contributed by atoms with Crippen molar-refractivity contribution in [3.8, 4) is 0 Å². The van der Waals surface area contributed by atoms with E-state index in [1.807, 2.05) is 0 Å². The van der Waals surface area contributed by atoms with E-state index in [0.717, 1.165) is 9.15 Å². The van der Waals surface area contributed by atoms with Crippen molar-refractivity contribution in [1.29, 1.82) is 0 Å². The van der Waals surface area contributed by atoms with Gasteiger partial charge in [0.2, 0.25) is 0 Å². The van der Waals surface area contributed by atoms with Crippen LogP contribution in [-0.2, 0) is 11.3 Å². The Morgan fingerprint density at radius 2 is 2.10 bits per heavy atom. The van der Waals surface area contributed by atoms with Gasteiger partial charge in [-0.3, -0.25) is 9.59 Å². The van der Waals surface area contributed by atoms with Crippen molar-refractivity contribution < 1.29 is 14.7 Å². The van der Waals surface area contributed by atoms with Crippen LogP contribution < -0.4 is 5.32 Å². The first-order valence-electron chi connectivity index (χ1n) is 5.34. The van der Waals surface area contributed by atoms with Crippen LogP contribution in [-0.4, -0.2) is 32.0 Å². The number of hydrogen-bond donors (Lipinski definition) is 2. The van der Waals surface area contributed by atoms with E-state index >= 15 is 0 Å². The van der Waals surface area contributed by atoms with Crippen molar-refractivity contribution in [2.75, 3.05) is 5.32 Å². The van der Waals surface area contributed by atoms with Gasteiger partial charge in [-0.1, -0.05) is 21.1 Å². The number of anilines is 1. The molecule has 0 radical (unpaired) electrons. The average molecular weight is 404 g/mol. The van der Waals surface area contributed by atoms with Crippen molar-refractivity contribution in [1.82, 2.24) is 15.0 Å². The summed E-state index contributed by atoms with van der Waals surface area (Å²) in [7, 11) is 0. The number of aromatic nitrogens is 3. The molecular formula is C11H8Br2N4O3. The first-order chi connectivity index (χ1) is 9.45. The molecule has 20 heavy (non-hydrogen) atoms. The molecule has 104 valence electrons. The van der Waals surface area contributed by atoms with Gasteiger partial charge in [0.25, 0.3) is 5.91 Å². The number of halogens is 2. The number of carboxylic acid groups (broad SMARTS) is 1. The Balaban J connectivity index is 2.11. The fourth-order valence-electron chi connectivity index (χ4n) is 1.40. The summed E-state index contributed by atoms with van der Waals surface area (Å²) >= 11 is 6.63. The highest BCUT2D eigenvalue weighted by Gasteiger charge is 2.13. The van der Waals surface area contributed by atoms with Crippen LogP contribution in [0.4, 0.5) is 5.69 Å². The largest absolute Gasteiger partial charge is 0.480 e. The molecule has 1 aromatic heterocycles. The summed E-state index contributed by atoms with van der Waals surface area (Å²) in [5.74, 6) is -1.53. The Morgan fingerprint density at radius 1 is 1.35 bits per heavy atom. The van der Waals surface area contributed by atoms with Crippen LogP contribution in [0.2, 0.25) is 0 Å². The number of carbonyl (C=O) groups is 2. The van der Waals surface area contributed by atoms with Gasteiger partial charge >= 0.3 is 5.97 Å².